The van der Waals surface area contributed by atoms with Gasteiger partial charge in [-0.3, -0.25) is 4.90 Å². The molecule has 2 heterocycles. The van der Waals surface area contributed by atoms with Gasteiger partial charge >= 0.3 is 6.36 Å². The molecule has 32 heavy (non-hydrogen) atoms. The van der Waals surface area contributed by atoms with Gasteiger partial charge in [-0.05, 0) is 37.1 Å². The quantitative estimate of drug-likeness (QED) is 0.420. The zero-order valence-corrected chi connectivity index (χ0v) is 18.5. The largest absolute Gasteiger partial charge is 0.573 e. The number of para-hydroxylation sites is 1. The van der Waals surface area contributed by atoms with Crippen LogP contribution in [0.25, 0.3) is 10.9 Å². The lowest BCUT2D eigenvalue weighted by Crippen LogP contribution is -2.49. The molecule has 0 unspecified atom stereocenters. The molecule has 1 aliphatic heterocycles. The fourth-order valence-corrected chi connectivity index (χ4v) is 4.69. The van der Waals surface area contributed by atoms with Crippen LogP contribution in [0.1, 0.15) is 29.8 Å². The van der Waals surface area contributed by atoms with Crippen molar-refractivity contribution in [3.8, 4) is 5.75 Å². The highest BCUT2D eigenvalue weighted by Crippen LogP contribution is 2.45. The Balaban J connectivity index is 1.93. The van der Waals surface area contributed by atoms with Gasteiger partial charge in [0.1, 0.15) is 12.4 Å². The summed E-state index contributed by atoms with van der Waals surface area (Å²) >= 11 is 3.15. The summed E-state index contributed by atoms with van der Waals surface area (Å²) in [4.78, 5) is 4.64. The maximum Gasteiger partial charge on any atom is 0.573 e. The van der Waals surface area contributed by atoms with E-state index < -0.39 is 43.3 Å². The second-order valence-electron chi connectivity index (χ2n) is 7.93. The van der Waals surface area contributed by atoms with Crippen LogP contribution in [0.5, 0.6) is 5.75 Å². The molecule has 0 saturated heterocycles. The van der Waals surface area contributed by atoms with Gasteiger partial charge in [0.25, 0.3) is 5.92 Å². The Hall–Kier alpha value is -2.17. The minimum Gasteiger partial charge on any atom is -0.405 e. The predicted molar refractivity (Wildman–Crippen MR) is 113 cm³/mol. The number of aromatic amines is 1. The standard InChI is InChI=1S/C22H20BrF5N2O2/c1-12-8-16-14-4-2-3-5-17(14)29-19(16)20(30(12)10-21(24,25)11-31)15-7-6-13(23)9-18(15)32-22(26,27)28/h2-7,9,12,20,29,31H,8,10-11H2,1H3/t12-,20-/m1/s1. The summed E-state index contributed by atoms with van der Waals surface area (Å²) < 4.78 is 72.7. The SMILES string of the molecule is C[C@@H]1Cc2c([nH]c3ccccc23)[C@@H](c2ccc(Br)cc2OC(F)(F)F)N1CC(F)(F)CO. The maximum absolute atomic E-state index is 14.3. The smallest absolute Gasteiger partial charge is 0.405 e. The van der Waals surface area contributed by atoms with Crippen LogP contribution >= 0.6 is 15.9 Å². The average molecular weight is 519 g/mol. The minimum absolute atomic E-state index is 0.0959. The summed E-state index contributed by atoms with van der Waals surface area (Å²) in [6.07, 6.45) is -4.54. The molecule has 2 atom stereocenters. The Morgan fingerprint density at radius 2 is 1.88 bits per heavy atom. The van der Waals surface area contributed by atoms with Gasteiger partial charge in [-0.15, -0.1) is 13.2 Å². The topological polar surface area (TPSA) is 48.5 Å². The number of aromatic nitrogens is 1. The van der Waals surface area contributed by atoms with Gasteiger partial charge in [0.2, 0.25) is 0 Å². The Morgan fingerprint density at radius 3 is 2.56 bits per heavy atom. The molecule has 1 aromatic heterocycles. The molecular weight excluding hydrogens is 499 g/mol. The van der Waals surface area contributed by atoms with E-state index in [0.717, 1.165) is 16.5 Å². The van der Waals surface area contributed by atoms with Crippen molar-refractivity contribution in [3.63, 3.8) is 0 Å². The summed E-state index contributed by atoms with van der Waals surface area (Å²) in [5.74, 6) is -3.91. The molecule has 0 amide bonds. The van der Waals surface area contributed by atoms with E-state index in [2.05, 4.69) is 25.7 Å². The Morgan fingerprint density at radius 1 is 1.16 bits per heavy atom. The van der Waals surface area contributed by atoms with E-state index >= 15 is 0 Å². The molecule has 0 fully saturated rings. The monoisotopic (exact) mass is 518 g/mol. The first-order chi connectivity index (χ1) is 15.0. The number of nitrogens with zero attached hydrogens (tertiary/aromatic N) is 1. The van der Waals surface area contributed by atoms with E-state index in [9.17, 15) is 22.0 Å². The van der Waals surface area contributed by atoms with E-state index in [1.54, 1.807) is 13.0 Å². The second kappa shape index (κ2) is 8.31. The summed E-state index contributed by atoms with van der Waals surface area (Å²) in [5.41, 5.74) is 2.26. The van der Waals surface area contributed by atoms with Gasteiger partial charge < -0.3 is 14.8 Å². The summed E-state index contributed by atoms with van der Waals surface area (Å²) in [6, 6.07) is 10.1. The van der Waals surface area contributed by atoms with Crippen molar-refractivity contribution in [2.45, 2.75) is 37.7 Å². The van der Waals surface area contributed by atoms with Crippen LogP contribution in [0, 0.1) is 0 Å². The lowest BCUT2D eigenvalue weighted by molar-refractivity contribution is -0.275. The first-order valence-corrected chi connectivity index (χ1v) is 10.7. The van der Waals surface area contributed by atoms with E-state index in [4.69, 9.17) is 5.11 Å². The van der Waals surface area contributed by atoms with Crippen LogP contribution < -0.4 is 4.74 Å². The molecule has 4 rings (SSSR count). The van der Waals surface area contributed by atoms with Crippen molar-refractivity contribution in [2.75, 3.05) is 13.2 Å². The number of alkyl halides is 5. The number of halogens is 6. The number of aliphatic hydroxyl groups excluding tert-OH is 1. The van der Waals surface area contributed by atoms with Crippen LogP contribution in [0.15, 0.2) is 46.9 Å². The third-order valence-electron chi connectivity index (χ3n) is 5.66. The Bertz CT molecular complexity index is 1130. The number of fused-ring (bicyclic) bond motifs is 3. The number of H-pyrrole nitrogens is 1. The molecule has 3 aromatic rings. The maximum atomic E-state index is 14.3. The van der Waals surface area contributed by atoms with Gasteiger partial charge in [0.05, 0.1) is 12.6 Å². The van der Waals surface area contributed by atoms with E-state index in [1.165, 1.54) is 17.0 Å². The van der Waals surface area contributed by atoms with Crippen molar-refractivity contribution in [1.82, 2.24) is 9.88 Å². The fraction of sp³-hybridized carbons (Fsp3) is 0.364. The van der Waals surface area contributed by atoms with Gasteiger partial charge in [-0.25, -0.2) is 8.78 Å². The number of aliphatic hydroxyl groups is 1. The summed E-state index contributed by atoms with van der Waals surface area (Å²) in [6.45, 7) is -0.450. The van der Waals surface area contributed by atoms with Crippen molar-refractivity contribution in [1.29, 1.82) is 0 Å². The predicted octanol–water partition coefficient (Wildman–Crippen LogP) is 5.79. The highest BCUT2D eigenvalue weighted by Gasteiger charge is 2.43. The van der Waals surface area contributed by atoms with Crippen molar-refractivity contribution in [2.24, 2.45) is 0 Å². The lowest BCUT2D eigenvalue weighted by Gasteiger charge is -2.42. The number of benzene rings is 2. The van der Waals surface area contributed by atoms with Gasteiger partial charge in [-0.1, -0.05) is 40.2 Å². The molecule has 0 bridgehead atoms. The third kappa shape index (κ3) is 4.49. The Kier molecular flexibility index (Phi) is 5.98. The summed E-state index contributed by atoms with van der Waals surface area (Å²) in [5, 5.41) is 10.0. The molecule has 2 aromatic carbocycles. The molecule has 0 spiro atoms. The molecule has 0 saturated carbocycles. The Labute approximate surface area is 189 Å². The first kappa shape index (κ1) is 23.0. The molecule has 0 radical (unpaired) electrons. The zero-order chi connectivity index (χ0) is 23.3. The lowest BCUT2D eigenvalue weighted by atomic mass is 9.88. The van der Waals surface area contributed by atoms with E-state index in [0.29, 0.717) is 16.6 Å². The first-order valence-electron chi connectivity index (χ1n) is 9.88. The van der Waals surface area contributed by atoms with Crippen molar-refractivity contribution in [3.05, 3.63) is 63.8 Å². The van der Waals surface area contributed by atoms with E-state index in [1.807, 2.05) is 24.3 Å². The third-order valence-corrected chi connectivity index (χ3v) is 6.15. The fourth-order valence-electron chi connectivity index (χ4n) is 4.35. The van der Waals surface area contributed by atoms with Gasteiger partial charge in [-0.2, -0.15) is 0 Å². The van der Waals surface area contributed by atoms with Crippen LogP contribution in [0.4, 0.5) is 22.0 Å². The van der Waals surface area contributed by atoms with Crippen LogP contribution in [0.2, 0.25) is 0 Å². The highest BCUT2D eigenvalue weighted by atomic mass is 79.9. The number of hydrogen-bond acceptors (Lipinski definition) is 3. The number of nitrogens with one attached hydrogen (secondary N) is 1. The van der Waals surface area contributed by atoms with Gasteiger partial charge in [0, 0.05) is 32.7 Å². The zero-order valence-electron chi connectivity index (χ0n) is 16.9. The van der Waals surface area contributed by atoms with Crippen LogP contribution in [-0.2, 0) is 6.42 Å². The van der Waals surface area contributed by atoms with Crippen LogP contribution in [0.3, 0.4) is 0 Å². The van der Waals surface area contributed by atoms with Gasteiger partial charge in [0.15, 0.2) is 0 Å². The highest BCUT2D eigenvalue weighted by molar-refractivity contribution is 9.10. The molecule has 2 N–H and O–H groups in total. The number of rotatable bonds is 5. The minimum atomic E-state index is -4.96. The second-order valence-corrected chi connectivity index (χ2v) is 8.85. The number of hydrogen-bond donors (Lipinski definition) is 2. The number of ether oxygens (including phenoxy) is 1. The van der Waals surface area contributed by atoms with Crippen molar-refractivity contribution < 1.29 is 31.8 Å². The molecule has 10 heteroatoms. The molecule has 172 valence electrons. The normalized spacial score (nSPS) is 19.9. The van der Waals surface area contributed by atoms with Crippen LogP contribution in [-0.4, -0.2) is 46.5 Å². The molecular formula is C22H20BrF5N2O2. The molecule has 0 aliphatic carbocycles. The summed E-state index contributed by atoms with van der Waals surface area (Å²) in [7, 11) is 0. The van der Waals surface area contributed by atoms with E-state index in [-0.39, 0.29) is 5.56 Å². The molecule has 1 aliphatic rings. The average Bonchev–Trinajstić information content (AvgIpc) is 3.06. The molecule has 4 nitrogen and oxygen atoms in total. The van der Waals surface area contributed by atoms with Crippen molar-refractivity contribution >= 4 is 26.8 Å².